The lowest BCUT2D eigenvalue weighted by atomic mass is 10.1. The van der Waals surface area contributed by atoms with E-state index in [1.54, 1.807) is 24.3 Å². The third-order valence-electron chi connectivity index (χ3n) is 2.78. The molecule has 0 unspecified atom stereocenters. The van der Waals surface area contributed by atoms with Crippen LogP contribution in [0.3, 0.4) is 0 Å². The van der Waals surface area contributed by atoms with Gasteiger partial charge in [0.05, 0.1) is 11.3 Å². The number of carboxylic acids is 1. The zero-order valence-corrected chi connectivity index (χ0v) is 10.7. The van der Waals surface area contributed by atoms with Crippen molar-refractivity contribution < 1.29 is 19.1 Å². The molecule has 0 aliphatic heterocycles. The van der Waals surface area contributed by atoms with Crippen LogP contribution in [0.1, 0.15) is 26.3 Å². The van der Waals surface area contributed by atoms with E-state index >= 15 is 0 Å². The van der Waals surface area contributed by atoms with Crippen molar-refractivity contribution in [3.63, 3.8) is 0 Å². The maximum atomic E-state index is 13.6. The van der Waals surface area contributed by atoms with Crippen LogP contribution in [0.4, 0.5) is 10.1 Å². The highest BCUT2D eigenvalue weighted by Gasteiger charge is 2.12. The van der Waals surface area contributed by atoms with Crippen molar-refractivity contribution in [1.29, 1.82) is 0 Å². The van der Waals surface area contributed by atoms with E-state index in [2.05, 4.69) is 5.32 Å². The molecule has 0 radical (unpaired) electrons. The van der Waals surface area contributed by atoms with Crippen molar-refractivity contribution in [2.75, 3.05) is 5.32 Å². The Labute approximate surface area is 114 Å². The number of rotatable bonds is 3. The third-order valence-corrected chi connectivity index (χ3v) is 2.78. The van der Waals surface area contributed by atoms with Crippen LogP contribution in [0.15, 0.2) is 42.5 Å². The van der Waals surface area contributed by atoms with E-state index in [0.717, 1.165) is 23.8 Å². The molecule has 5 heteroatoms. The first-order valence-corrected chi connectivity index (χ1v) is 5.88. The highest BCUT2D eigenvalue weighted by Crippen LogP contribution is 2.17. The molecule has 102 valence electrons. The van der Waals surface area contributed by atoms with Gasteiger partial charge in [-0.25, -0.2) is 9.18 Å². The minimum absolute atomic E-state index is 0.0920. The second-order valence-corrected chi connectivity index (χ2v) is 4.32. The standard InChI is InChI=1S/C15H12FNO3/c1-9-2-4-10(5-3-9)14(18)17-13-8-11(15(19)20)6-7-12(13)16/h2-8H,1H3,(H,17,18)(H,19,20). The number of carboxylic acid groups (broad SMARTS) is 1. The Balaban J connectivity index is 2.25. The van der Waals surface area contributed by atoms with Crippen LogP contribution in [0.2, 0.25) is 0 Å². The smallest absolute Gasteiger partial charge is 0.335 e. The van der Waals surface area contributed by atoms with E-state index in [0.29, 0.717) is 5.56 Å². The van der Waals surface area contributed by atoms with Gasteiger partial charge in [0, 0.05) is 5.56 Å². The minimum Gasteiger partial charge on any atom is -0.478 e. The van der Waals surface area contributed by atoms with Gasteiger partial charge < -0.3 is 10.4 Å². The summed E-state index contributed by atoms with van der Waals surface area (Å²) in [5.41, 5.74) is 1.12. The molecule has 0 aliphatic carbocycles. The normalized spacial score (nSPS) is 10.1. The Kier molecular flexibility index (Phi) is 3.79. The van der Waals surface area contributed by atoms with Gasteiger partial charge in [-0.2, -0.15) is 0 Å². The number of hydrogen-bond acceptors (Lipinski definition) is 2. The van der Waals surface area contributed by atoms with Crippen LogP contribution in [-0.4, -0.2) is 17.0 Å². The lowest BCUT2D eigenvalue weighted by Crippen LogP contribution is -2.13. The molecule has 0 heterocycles. The Morgan fingerprint density at radius 2 is 1.65 bits per heavy atom. The number of amides is 1. The fourth-order valence-corrected chi connectivity index (χ4v) is 1.65. The van der Waals surface area contributed by atoms with E-state index in [1.807, 2.05) is 6.92 Å². The molecule has 0 spiro atoms. The molecular formula is C15H12FNO3. The molecular weight excluding hydrogens is 261 g/mol. The van der Waals surface area contributed by atoms with E-state index < -0.39 is 17.7 Å². The fourth-order valence-electron chi connectivity index (χ4n) is 1.65. The molecule has 0 saturated carbocycles. The molecule has 1 amide bonds. The molecule has 2 aromatic rings. The van der Waals surface area contributed by atoms with Crippen molar-refractivity contribution in [3.8, 4) is 0 Å². The van der Waals surface area contributed by atoms with Gasteiger partial charge in [0.1, 0.15) is 5.82 Å². The van der Waals surface area contributed by atoms with Gasteiger partial charge >= 0.3 is 5.97 Å². The fraction of sp³-hybridized carbons (Fsp3) is 0.0667. The summed E-state index contributed by atoms with van der Waals surface area (Å²) < 4.78 is 13.6. The summed E-state index contributed by atoms with van der Waals surface area (Å²) in [6.45, 7) is 1.89. The summed E-state index contributed by atoms with van der Waals surface area (Å²) in [5, 5.41) is 11.2. The molecule has 0 bridgehead atoms. The zero-order chi connectivity index (χ0) is 14.7. The average Bonchev–Trinajstić information content (AvgIpc) is 2.41. The van der Waals surface area contributed by atoms with Gasteiger partial charge in [0.15, 0.2) is 0 Å². The van der Waals surface area contributed by atoms with Crippen molar-refractivity contribution in [1.82, 2.24) is 0 Å². The predicted octanol–water partition coefficient (Wildman–Crippen LogP) is 3.08. The van der Waals surface area contributed by atoms with Crippen molar-refractivity contribution in [2.45, 2.75) is 6.92 Å². The average molecular weight is 273 g/mol. The summed E-state index contributed by atoms with van der Waals surface area (Å²) in [4.78, 5) is 22.8. The third kappa shape index (κ3) is 3.00. The number of carbonyl (C=O) groups is 2. The number of hydrogen-bond donors (Lipinski definition) is 2. The Morgan fingerprint density at radius 1 is 1.05 bits per heavy atom. The van der Waals surface area contributed by atoms with Crippen LogP contribution in [0.5, 0.6) is 0 Å². The first kappa shape index (κ1) is 13.7. The summed E-state index contributed by atoms with van der Waals surface area (Å²) >= 11 is 0. The van der Waals surface area contributed by atoms with Crippen LogP contribution < -0.4 is 5.32 Å². The zero-order valence-electron chi connectivity index (χ0n) is 10.7. The lowest BCUT2D eigenvalue weighted by Gasteiger charge is -2.07. The van der Waals surface area contributed by atoms with Gasteiger partial charge in [-0.3, -0.25) is 4.79 Å². The van der Waals surface area contributed by atoms with E-state index in [4.69, 9.17) is 5.11 Å². The highest BCUT2D eigenvalue weighted by molar-refractivity contribution is 6.04. The molecule has 0 aromatic heterocycles. The maximum absolute atomic E-state index is 13.6. The number of carbonyl (C=O) groups excluding carboxylic acids is 1. The maximum Gasteiger partial charge on any atom is 0.335 e. The molecule has 2 aromatic carbocycles. The quantitative estimate of drug-likeness (QED) is 0.903. The molecule has 2 N–H and O–H groups in total. The van der Waals surface area contributed by atoms with Crippen molar-refractivity contribution in [3.05, 3.63) is 65.0 Å². The second-order valence-electron chi connectivity index (χ2n) is 4.32. The second kappa shape index (κ2) is 5.52. The first-order chi connectivity index (χ1) is 9.47. The molecule has 2 rings (SSSR count). The Hall–Kier alpha value is -2.69. The number of halogens is 1. The summed E-state index contributed by atoms with van der Waals surface area (Å²) in [7, 11) is 0. The number of nitrogens with one attached hydrogen (secondary N) is 1. The predicted molar refractivity (Wildman–Crippen MR) is 72.5 cm³/mol. The van der Waals surface area contributed by atoms with E-state index in [9.17, 15) is 14.0 Å². The number of benzene rings is 2. The first-order valence-electron chi connectivity index (χ1n) is 5.88. The number of aryl methyl sites for hydroxylation is 1. The Morgan fingerprint density at radius 3 is 2.25 bits per heavy atom. The van der Waals surface area contributed by atoms with Crippen LogP contribution in [0.25, 0.3) is 0 Å². The summed E-state index contributed by atoms with van der Waals surface area (Å²) in [5.74, 6) is -2.36. The monoisotopic (exact) mass is 273 g/mol. The van der Waals surface area contributed by atoms with Gasteiger partial charge in [-0.05, 0) is 37.3 Å². The van der Waals surface area contributed by atoms with Gasteiger partial charge in [0.2, 0.25) is 0 Å². The SMILES string of the molecule is Cc1ccc(C(=O)Nc2cc(C(=O)O)ccc2F)cc1. The van der Waals surface area contributed by atoms with Gasteiger partial charge in [0.25, 0.3) is 5.91 Å². The van der Waals surface area contributed by atoms with Gasteiger partial charge in [-0.1, -0.05) is 17.7 Å². The van der Waals surface area contributed by atoms with Crippen LogP contribution in [0, 0.1) is 12.7 Å². The number of anilines is 1. The van der Waals surface area contributed by atoms with Gasteiger partial charge in [-0.15, -0.1) is 0 Å². The molecule has 20 heavy (non-hydrogen) atoms. The molecule has 0 saturated heterocycles. The van der Waals surface area contributed by atoms with Crippen LogP contribution >= 0.6 is 0 Å². The van der Waals surface area contributed by atoms with Crippen molar-refractivity contribution >= 4 is 17.6 Å². The lowest BCUT2D eigenvalue weighted by molar-refractivity contribution is 0.0696. The summed E-state index contributed by atoms with van der Waals surface area (Å²) in [6, 6.07) is 9.99. The molecule has 0 fully saturated rings. The summed E-state index contributed by atoms with van der Waals surface area (Å²) in [6.07, 6.45) is 0. The molecule has 4 nitrogen and oxygen atoms in total. The molecule has 0 aliphatic rings. The van der Waals surface area contributed by atoms with E-state index in [-0.39, 0.29) is 11.3 Å². The number of aromatic carboxylic acids is 1. The topological polar surface area (TPSA) is 66.4 Å². The highest BCUT2D eigenvalue weighted by atomic mass is 19.1. The largest absolute Gasteiger partial charge is 0.478 e. The van der Waals surface area contributed by atoms with E-state index in [1.165, 1.54) is 0 Å². The Bertz CT molecular complexity index is 665. The molecule has 0 atom stereocenters. The minimum atomic E-state index is -1.18. The van der Waals surface area contributed by atoms with Crippen LogP contribution in [-0.2, 0) is 0 Å². The van der Waals surface area contributed by atoms with Crippen molar-refractivity contribution in [2.24, 2.45) is 0 Å².